The number of carbonyl (C=O) groups excluding carboxylic acids is 1. The number of thiophene rings is 1. The molecule has 0 aromatic carbocycles. The Hall–Kier alpha value is 0.0900. The maximum Gasteiger partial charge on any atom is 0.261 e. The Morgan fingerprint density at radius 2 is 2.18 bits per heavy atom. The third-order valence-electron chi connectivity index (χ3n) is 2.36. The lowest BCUT2D eigenvalue weighted by Crippen LogP contribution is -2.28. The van der Waals surface area contributed by atoms with Gasteiger partial charge in [-0.05, 0) is 50.3 Å². The topological polar surface area (TPSA) is 49.3 Å². The van der Waals surface area contributed by atoms with Crippen LogP contribution in [0, 0.1) is 5.92 Å². The van der Waals surface area contributed by atoms with Crippen LogP contribution in [-0.4, -0.2) is 23.7 Å². The van der Waals surface area contributed by atoms with Crippen molar-refractivity contribution in [3.8, 4) is 0 Å². The van der Waals surface area contributed by atoms with Gasteiger partial charge in [-0.2, -0.15) is 0 Å². The van der Waals surface area contributed by atoms with Gasteiger partial charge in [0.1, 0.15) is 0 Å². The molecule has 0 bridgehead atoms. The Balaban J connectivity index is 2.40. The quantitative estimate of drug-likeness (QED) is 0.817. The second-order valence-corrected chi connectivity index (χ2v) is 7.31. The zero-order chi connectivity index (χ0) is 13.0. The number of hydrogen-bond donors (Lipinski definition) is 2. The molecule has 1 aromatic rings. The van der Waals surface area contributed by atoms with Crippen molar-refractivity contribution in [1.29, 1.82) is 0 Å². The molecule has 3 nitrogen and oxygen atoms in total. The smallest absolute Gasteiger partial charge is 0.261 e. The van der Waals surface area contributed by atoms with Crippen LogP contribution in [0.3, 0.4) is 0 Å². The van der Waals surface area contributed by atoms with E-state index in [1.165, 1.54) is 11.3 Å². The number of carbonyl (C=O) groups is 1. The van der Waals surface area contributed by atoms with Crippen LogP contribution in [0.15, 0.2) is 14.3 Å². The van der Waals surface area contributed by atoms with Crippen molar-refractivity contribution in [3.05, 3.63) is 19.2 Å². The summed E-state index contributed by atoms with van der Waals surface area (Å²) in [5.41, 5.74) is 0. The van der Waals surface area contributed by atoms with Crippen LogP contribution in [0.25, 0.3) is 0 Å². The number of amides is 1. The van der Waals surface area contributed by atoms with Gasteiger partial charge in [0, 0.05) is 11.0 Å². The number of rotatable bonds is 5. The van der Waals surface area contributed by atoms with E-state index in [0.29, 0.717) is 17.8 Å². The van der Waals surface area contributed by atoms with Crippen molar-refractivity contribution < 1.29 is 9.90 Å². The first-order valence-corrected chi connectivity index (χ1v) is 7.73. The van der Waals surface area contributed by atoms with E-state index in [0.717, 1.165) is 8.26 Å². The summed E-state index contributed by atoms with van der Waals surface area (Å²) in [6.07, 6.45) is 0.217. The lowest BCUT2D eigenvalue weighted by atomic mass is 10.0. The van der Waals surface area contributed by atoms with Crippen LogP contribution < -0.4 is 5.32 Å². The number of halogens is 2. The van der Waals surface area contributed by atoms with Crippen LogP contribution in [-0.2, 0) is 0 Å². The maximum absolute atomic E-state index is 11.7. The summed E-state index contributed by atoms with van der Waals surface area (Å²) in [4.78, 5) is 12.4. The standard InChI is InChI=1S/C11H15Br2NO2S/c1-6(2)8(15)3-4-14-11(16)9-5-7(12)10(13)17-9/h5-6,8,15H,3-4H2,1-2H3,(H,14,16)/t8-/m1/s1. The average Bonchev–Trinajstić information content (AvgIpc) is 2.59. The van der Waals surface area contributed by atoms with Crippen molar-refractivity contribution in [2.45, 2.75) is 26.4 Å². The van der Waals surface area contributed by atoms with Crippen molar-refractivity contribution in [2.75, 3.05) is 6.54 Å². The van der Waals surface area contributed by atoms with Crippen LogP contribution in [0.4, 0.5) is 0 Å². The molecule has 6 heteroatoms. The Morgan fingerprint density at radius 1 is 1.53 bits per heavy atom. The third kappa shape index (κ3) is 4.69. The molecule has 0 aliphatic carbocycles. The van der Waals surface area contributed by atoms with E-state index in [-0.39, 0.29) is 17.9 Å². The predicted molar refractivity (Wildman–Crippen MR) is 77.5 cm³/mol. The minimum atomic E-state index is -0.364. The van der Waals surface area contributed by atoms with Gasteiger partial charge in [-0.25, -0.2) is 0 Å². The molecule has 0 aliphatic heterocycles. The van der Waals surface area contributed by atoms with Gasteiger partial charge in [0.15, 0.2) is 0 Å². The molecule has 1 amide bonds. The van der Waals surface area contributed by atoms with Gasteiger partial charge in [-0.15, -0.1) is 11.3 Å². The van der Waals surface area contributed by atoms with E-state index < -0.39 is 0 Å². The summed E-state index contributed by atoms with van der Waals surface area (Å²) in [5.74, 6) is 0.120. The van der Waals surface area contributed by atoms with Crippen molar-refractivity contribution in [3.63, 3.8) is 0 Å². The highest BCUT2D eigenvalue weighted by atomic mass is 79.9. The molecule has 0 saturated carbocycles. The Bertz CT molecular complexity index is 373. The monoisotopic (exact) mass is 383 g/mol. The molecule has 0 saturated heterocycles. The maximum atomic E-state index is 11.7. The Morgan fingerprint density at radius 3 is 2.65 bits per heavy atom. The SMILES string of the molecule is CC(C)[C@H](O)CCNC(=O)c1cc(Br)c(Br)s1. The van der Waals surface area contributed by atoms with E-state index in [9.17, 15) is 9.90 Å². The second-order valence-electron chi connectivity index (χ2n) is 4.09. The molecule has 1 aromatic heterocycles. The first-order chi connectivity index (χ1) is 7.91. The first-order valence-electron chi connectivity index (χ1n) is 5.33. The summed E-state index contributed by atoms with van der Waals surface area (Å²) in [6, 6.07) is 1.78. The molecule has 1 atom stereocenters. The summed E-state index contributed by atoms with van der Waals surface area (Å²) in [7, 11) is 0. The minimum Gasteiger partial charge on any atom is -0.393 e. The fourth-order valence-electron chi connectivity index (χ4n) is 1.21. The average molecular weight is 385 g/mol. The fourth-order valence-corrected chi connectivity index (χ4v) is 3.16. The molecule has 17 heavy (non-hydrogen) atoms. The lowest BCUT2D eigenvalue weighted by molar-refractivity contribution is 0.0924. The van der Waals surface area contributed by atoms with E-state index in [1.54, 1.807) is 6.07 Å². The van der Waals surface area contributed by atoms with Crippen molar-refractivity contribution in [1.82, 2.24) is 5.32 Å². The summed E-state index contributed by atoms with van der Waals surface area (Å²) < 4.78 is 1.79. The number of aliphatic hydroxyl groups is 1. The summed E-state index contributed by atoms with van der Waals surface area (Å²) in [5, 5.41) is 12.4. The van der Waals surface area contributed by atoms with Gasteiger partial charge >= 0.3 is 0 Å². The number of nitrogens with one attached hydrogen (secondary N) is 1. The Labute approximate surface area is 122 Å². The second kappa shape index (κ2) is 6.87. The highest BCUT2D eigenvalue weighted by Crippen LogP contribution is 2.32. The predicted octanol–water partition coefficient (Wildman–Crippen LogP) is 3.41. The summed E-state index contributed by atoms with van der Waals surface area (Å²) >= 11 is 8.07. The summed E-state index contributed by atoms with van der Waals surface area (Å²) in [6.45, 7) is 4.41. The number of aliphatic hydroxyl groups excluding tert-OH is 1. The molecule has 0 spiro atoms. The Kier molecular flexibility index (Phi) is 6.12. The van der Waals surface area contributed by atoms with Crippen LogP contribution in [0.5, 0.6) is 0 Å². The van der Waals surface area contributed by atoms with Gasteiger partial charge in [0.2, 0.25) is 0 Å². The highest BCUT2D eigenvalue weighted by molar-refractivity contribution is 9.13. The van der Waals surface area contributed by atoms with Gasteiger partial charge in [0.25, 0.3) is 5.91 Å². The molecule has 1 rings (SSSR count). The minimum absolute atomic E-state index is 0.0997. The van der Waals surface area contributed by atoms with Crippen LogP contribution >= 0.6 is 43.2 Å². The molecule has 0 aliphatic rings. The normalized spacial score (nSPS) is 12.8. The van der Waals surface area contributed by atoms with E-state index in [1.807, 2.05) is 13.8 Å². The first kappa shape index (κ1) is 15.1. The van der Waals surface area contributed by atoms with Gasteiger partial charge in [0.05, 0.1) is 14.8 Å². The van der Waals surface area contributed by atoms with Gasteiger partial charge in [-0.1, -0.05) is 13.8 Å². The van der Waals surface area contributed by atoms with Crippen molar-refractivity contribution >= 4 is 49.1 Å². The molecule has 2 N–H and O–H groups in total. The largest absolute Gasteiger partial charge is 0.393 e. The van der Waals surface area contributed by atoms with Gasteiger partial charge in [-0.3, -0.25) is 4.79 Å². The molecule has 0 radical (unpaired) electrons. The molecule has 0 fully saturated rings. The lowest BCUT2D eigenvalue weighted by Gasteiger charge is -2.14. The van der Waals surface area contributed by atoms with Crippen LogP contribution in [0.2, 0.25) is 0 Å². The zero-order valence-electron chi connectivity index (χ0n) is 9.67. The van der Waals surface area contributed by atoms with Crippen LogP contribution in [0.1, 0.15) is 29.9 Å². The van der Waals surface area contributed by atoms with Crippen molar-refractivity contribution in [2.24, 2.45) is 5.92 Å². The molecule has 0 unspecified atom stereocenters. The van der Waals surface area contributed by atoms with E-state index in [4.69, 9.17) is 0 Å². The zero-order valence-corrected chi connectivity index (χ0v) is 13.7. The highest BCUT2D eigenvalue weighted by Gasteiger charge is 2.13. The van der Waals surface area contributed by atoms with Gasteiger partial charge < -0.3 is 10.4 Å². The molecular weight excluding hydrogens is 370 g/mol. The fraction of sp³-hybridized carbons (Fsp3) is 0.545. The van der Waals surface area contributed by atoms with E-state index in [2.05, 4.69) is 37.2 Å². The van der Waals surface area contributed by atoms with E-state index >= 15 is 0 Å². The number of hydrogen-bond acceptors (Lipinski definition) is 3. The third-order valence-corrected chi connectivity index (χ3v) is 5.62. The molecular formula is C11H15Br2NO2S. The molecule has 96 valence electrons. The molecule has 1 heterocycles.